The van der Waals surface area contributed by atoms with Gasteiger partial charge in [0.2, 0.25) is 0 Å². The van der Waals surface area contributed by atoms with Gasteiger partial charge in [-0.2, -0.15) is 0 Å². The minimum atomic E-state index is -3.12. The monoisotopic (exact) mass is 366 g/mol. The number of hydrogen-bond donors (Lipinski definition) is 2. The number of sulfone groups is 1. The van der Waals surface area contributed by atoms with E-state index in [1.165, 1.54) is 6.26 Å². The lowest BCUT2D eigenvalue weighted by Crippen LogP contribution is -2.31. The van der Waals surface area contributed by atoms with Crippen LogP contribution in [0.15, 0.2) is 48.5 Å². The smallest absolute Gasteiger partial charge is 0.319 e. The van der Waals surface area contributed by atoms with E-state index in [1.807, 2.05) is 19.1 Å². The lowest BCUT2D eigenvalue weighted by atomic mass is 10.1. The maximum absolute atomic E-state index is 12.1. The van der Waals surface area contributed by atoms with Crippen LogP contribution < -0.4 is 10.6 Å². The minimum absolute atomic E-state index is 0.0642. The fourth-order valence-electron chi connectivity index (χ4n) is 2.24. The van der Waals surface area contributed by atoms with Crippen LogP contribution in [0.5, 0.6) is 0 Å². The lowest BCUT2D eigenvalue weighted by Gasteiger charge is -2.15. The third-order valence-corrected chi connectivity index (χ3v) is 4.44. The molecular formula is C17H19ClN2O3S. The van der Waals surface area contributed by atoms with Crippen molar-refractivity contribution in [2.24, 2.45) is 0 Å². The van der Waals surface area contributed by atoms with E-state index in [0.29, 0.717) is 16.3 Å². The second kappa shape index (κ2) is 7.68. The Morgan fingerprint density at radius 2 is 1.83 bits per heavy atom. The highest BCUT2D eigenvalue weighted by molar-refractivity contribution is 7.89. The summed E-state index contributed by atoms with van der Waals surface area (Å²) in [5.74, 6) is -0.0642. The Balaban J connectivity index is 1.99. The summed E-state index contributed by atoms with van der Waals surface area (Å²) >= 11 is 5.85. The molecule has 2 rings (SSSR count). The fraction of sp³-hybridized carbons (Fsp3) is 0.235. The van der Waals surface area contributed by atoms with Crippen molar-refractivity contribution in [1.82, 2.24) is 5.32 Å². The SMILES string of the molecule is CC(NC(=O)Nc1cccc(CS(C)(=O)=O)c1)c1ccc(Cl)cc1. The van der Waals surface area contributed by atoms with Crippen molar-refractivity contribution in [3.63, 3.8) is 0 Å². The zero-order chi connectivity index (χ0) is 17.7. The third-order valence-electron chi connectivity index (χ3n) is 3.33. The van der Waals surface area contributed by atoms with E-state index in [4.69, 9.17) is 11.6 Å². The maximum Gasteiger partial charge on any atom is 0.319 e. The molecule has 1 unspecified atom stereocenters. The number of amides is 2. The van der Waals surface area contributed by atoms with Gasteiger partial charge in [-0.05, 0) is 42.3 Å². The number of nitrogens with one attached hydrogen (secondary N) is 2. The van der Waals surface area contributed by atoms with Crippen molar-refractivity contribution in [1.29, 1.82) is 0 Å². The first kappa shape index (κ1) is 18.3. The molecule has 0 fully saturated rings. The maximum atomic E-state index is 12.1. The summed E-state index contributed by atoms with van der Waals surface area (Å²) in [6.07, 6.45) is 1.17. The van der Waals surface area contributed by atoms with E-state index in [-0.39, 0.29) is 17.8 Å². The summed E-state index contributed by atoms with van der Waals surface area (Å²) < 4.78 is 22.7. The molecule has 0 aliphatic heterocycles. The number of carbonyl (C=O) groups excluding carboxylic acids is 1. The Kier molecular flexibility index (Phi) is 5.85. The summed E-state index contributed by atoms with van der Waals surface area (Å²) in [5.41, 5.74) is 2.10. The quantitative estimate of drug-likeness (QED) is 0.845. The lowest BCUT2D eigenvalue weighted by molar-refractivity contribution is 0.249. The Bertz CT molecular complexity index is 820. The first-order chi connectivity index (χ1) is 11.2. The van der Waals surface area contributed by atoms with Gasteiger partial charge in [-0.1, -0.05) is 35.9 Å². The Morgan fingerprint density at radius 1 is 1.17 bits per heavy atom. The van der Waals surface area contributed by atoms with Crippen LogP contribution in [0.25, 0.3) is 0 Å². The zero-order valence-corrected chi connectivity index (χ0v) is 15.0. The molecule has 5 nitrogen and oxygen atoms in total. The van der Waals surface area contributed by atoms with Crippen molar-refractivity contribution in [3.8, 4) is 0 Å². The van der Waals surface area contributed by atoms with Crippen LogP contribution in [-0.2, 0) is 15.6 Å². The molecule has 2 aromatic rings. The van der Waals surface area contributed by atoms with Gasteiger partial charge in [0.15, 0.2) is 9.84 Å². The highest BCUT2D eigenvalue weighted by atomic mass is 35.5. The van der Waals surface area contributed by atoms with Gasteiger partial charge in [-0.3, -0.25) is 0 Å². The van der Waals surface area contributed by atoms with Gasteiger partial charge in [0.05, 0.1) is 11.8 Å². The number of halogens is 1. The van der Waals surface area contributed by atoms with Gasteiger partial charge in [-0.15, -0.1) is 0 Å². The summed E-state index contributed by atoms with van der Waals surface area (Å²) in [4.78, 5) is 12.1. The molecule has 0 saturated heterocycles. The number of carbonyl (C=O) groups is 1. The molecule has 1 atom stereocenters. The topological polar surface area (TPSA) is 75.3 Å². The molecule has 128 valence electrons. The van der Waals surface area contributed by atoms with Crippen LogP contribution in [-0.4, -0.2) is 20.7 Å². The number of hydrogen-bond acceptors (Lipinski definition) is 3. The first-order valence-corrected chi connectivity index (χ1v) is 9.76. The van der Waals surface area contributed by atoms with Crippen LogP contribution in [0.3, 0.4) is 0 Å². The molecule has 0 heterocycles. The molecule has 2 N–H and O–H groups in total. The second-order valence-electron chi connectivity index (χ2n) is 5.64. The molecule has 0 aromatic heterocycles. The van der Waals surface area contributed by atoms with Crippen molar-refractivity contribution in [2.75, 3.05) is 11.6 Å². The van der Waals surface area contributed by atoms with E-state index in [1.54, 1.807) is 36.4 Å². The third kappa shape index (κ3) is 5.86. The van der Waals surface area contributed by atoms with Gasteiger partial charge >= 0.3 is 6.03 Å². The van der Waals surface area contributed by atoms with Crippen molar-refractivity contribution in [3.05, 3.63) is 64.7 Å². The average Bonchev–Trinajstić information content (AvgIpc) is 2.46. The van der Waals surface area contributed by atoms with Crippen LogP contribution in [0.1, 0.15) is 24.1 Å². The normalized spacial score (nSPS) is 12.5. The van der Waals surface area contributed by atoms with Crippen LogP contribution in [0, 0.1) is 0 Å². The second-order valence-corrected chi connectivity index (χ2v) is 8.22. The van der Waals surface area contributed by atoms with Gasteiger partial charge in [0.25, 0.3) is 0 Å². The van der Waals surface area contributed by atoms with Gasteiger partial charge < -0.3 is 10.6 Å². The minimum Gasteiger partial charge on any atom is -0.331 e. The summed E-state index contributed by atoms with van der Waals surface area (Å²) in [6.45, 7) is 1.86. The summed E-state index contributed by atoms with van der Waals surface area (Å²) in [7, 11) is -3.12. The largest absolute Gasteiger partial charge is 0.331 e. The van der Waals surface area contributed by atoms with Gasteiger partial charge in [0, 0.05) is 17.0 Å². The number of anilines is 1. The van der Waals surface area contributed by atoms with Crippen molar-refractivity contribution < 1.29 is 13.2 Å². The summed E-state index contributed by atoms with van der Waals surface area (Å²) in [6, 6.07) is 13.4. The molecular weight excluding hydrogens is 348 g/mol. The van der Waals surface area contributed by atoms with Gasteiger partial charge in [0.1, 0.15) is 0 Å². The molecule has 0 spiro atoms. The van der Waals surface area contributed by atoms with Crippen LogP contribution >= 0.6 is 11.6 Å². The number of rotatable bonds is 5. The molecule has 2 amide bonds. The standard InChI is InChI=1S/C17H19ClN2O3S/c1-12(14-6-8-15(18)9-7-14)19-17(21)20-16-5-3-4-13(10-16)11-24(2,22)23/h3-10,12H,11H2,1-2H3,(H2,19,20,21). The molecule has 0 saturated carbocycles. The van der Waals surface area contributed by atoms with E-state index in [2.05, 4.69) is 10.6 Å². The zero-order valence-electron chi connectivity index (χ0n) is 13.4. The fourth-order valence-corrected chi connectivity index (χ4v) is 3.15. The Morgan fingerprint density at radius 3 is 2.46 bits per heavy atom. The molecule has 0 aliphatic carbocycles. The average molecular weight is 367 g/mol. The van der Waals surface area contributed by atoms with Crippen molar-refractivity contribution >= 4 is 33.2 Å². The van der Waals surface area contributed by atoms with Crippen molar-refractivity contribution in [2.45, 2.75) is 18.7 Å². The molecule has 7 heteroatoms. The Labute approximate surface area is 147 Å². The molecule has 24 heavy (non-hydrogen) atoms. The van der Waals surface area contributed by atoms with E-state index in [9.17, 15) is 13.2 Å². The predicted octanol–water partition coefficient (Wildman–Crippen LogP) is 3.77. The van der Waals surface area contributed by atoms with E-state index < -0.39 is 9.84 Å². The van der Waals surface area contributed by atoms with Gasteiger partial charge in [-0.25, -0.2) is 13.2 Å². The molecule has 2 aromatic carbocycles. The predicted molar refractivity (Wildman–Crippen MR) is 97.0 cm³/mol. The summed E-state index contributed by atoms with van der Waals surface area (Å²) in [5, 5.41) is 6.17. The number of urea groups is 1. The highest BCUT2D eigenvalue weighted by Crippen LogP contribution is 2.17. The number of benzene rings is 2. The first-order valence-electron chi connectivity index (χ1n) is 7.32. The highest BCUT2D eigenvalue weighted by Gasteiger charge is 2.10. The molecule has 0 radical (unpaired) electrons. The molecule has 0 bridgehead atoms. The molecule has 0 aliphatic rings. The Hall–Kier alpha value is -2.05. The van der Waals surface area contributed by atoms with E-state index in [0.717, 1.165) is 5.56 Å². The van der Waals surface area contributed by atoms with E-state index >= 15 is 0 Å². The van der Waals surface area contributed by atoms with Crippen LogP contribution in [0.4, 0.5) is 10.5 Å². The van der Waals surface area contributed by atoms with Crippen LogP contribution in [0.2, 0.25) is 5.02 Å².